The van der Waals surface area contributed by atoms with Crippen molar-refractivity contribution in [2.45, 2.75) is 31.7 Å². The molecule has 0 aromatic carbocycles. The largest absolute Gasteiger partial charge is 0.384 e. The van der Waals surface area contributed by atoms with Crippen LogP contribution in [-0.4, -0.2) is 17.6 Å². The first-order valence-electron chi connectivity index (χ1n) is 5.86. The van der Waals surface area contributed by atoms with Gasteiger partial charge in [-0.3, -0.25) is 4.98 Å². The Morgan fingerprint density at radius 3 is 3.00 bits per heavy atom. The van der Waals surface area contributed by atoms with Gasteiger partial charge >= 0.3 is 0 Å². The van der Waals surface area contributed by atoms with Crippen molar-refractivity contribution in [2.24, 2.45) is 11.7 Å². The first-order valence-corrected chi connectivity index (χ1v) is 6.65. The molecule has 1 aromatic heterocycles. The predicted octanol–water partition coefficient (Wildman–Crippen LogP) is 2.77. The number of nitrogens with one attached hydrogen (secondary N) is 1. The van der Waals surface area contributed by atoms with Crippen LogP contribution in [0, 0.1) is 5.92 Å². The minimum Gasteiger partial charge on any atom is -0.384 e. The summed E-state index contributed by atoms with van der Waals surface area (Å²) in [5.41, 5.74) is 7.22. The molecule has 0 bridgehead atoms. The molecule has 2 atom stereocenters. The van der Waals surface area contributed by atoms with Crippen LogP contribution < -0.4 is 11.1 Å². The van der Waals surface area contributed by atoms with E-state index in [9.17, 15) is 0 Å². The lowest BCUT2D eigenvalue weighted by atomic mass is 9.85. The molecule has 2 rings (SSSR count). The smallest absolute Gasteiger partial charge is 0.0590 e. The van der Waals surface area contributed by atoms with E-state index in [4.69, 9.17) is 5.73 Å². The number of anilines is 1. The van der Waals surface area contributed by atoms with Crippen molar-refractivity contribution >= 4 is 21.6 Å². The molecule has 0 spiro atoms. The van der Waals surface area contributed by atoms with E-state index in [1.807, 2.05) is 12.3 Å². The number of pyridine rings is 1. The first kappa shape index (κ1) is 11.9. The van der Waals surface area contributed by atoms with Crippen molar-refractivity contribution in [3.63, 3.8) is 0 Å². The van der Waals surface area contributed by atoms with E-state index < -0.39 is 0 Å². The molecule has 0 amide bonds. The molecule has 0 radical (unpaired) electrons. The average molecular weight is 284 g/mol. The lowest BCUT2D eigenvalue weighted by Gasteiger charge is -2.29. The van der Waals surface area contributed by atoms with Gasteiger partial charge in [0, 0.05) is 25.0 Å². The van der Waals surface area contributed by atoms with Gasteiger partial charge in [-0.15, -0.1) is 0 Å². The van der Waals surface area contributed by atoms with Crippen molar-refractivity contribution < 1.29 is 0 Å². The summed E-state index contributed by atoms with van der Waals surface area (Å²) in [6.07, 6.45) is 8.63. The first-order chi connectivity index (χ1) is 7.77. The Bertz CT molecular complexity index is 343. The minimum absolute atomic E-state index is 0.363. The topological polar surface area (TPSA) is 50.9 Å². The lowest BCUT2D eigenvalue weighted by molar-refractivity contribution is 0.321. The van der Waals surface area contributed by atoms with Crippen molar-refractivity contribution in [3.8, 4) is 0 Å². The molecule has 1 fully saturated rings. The molecule has 16 heavy (non-hydrogen) atoms. The lowest BCUT2D eigenvalue weighted by Crippen LogP contribution is -2.37. The summed E-state index contributed by atoms with van der Waals surface area (Å²) in [5, 5.41) is 3.45. The monoisotopic (exact) mass is 283 g/mol. The second-order valence-corrected chi connectivity index (χ2v) is 5.30. The third-order valence-corrected chi connectivity index (χ3v) is 3.93. The van der Waals surface area contributed by atoms with Gasteiger partial charge in [-0.25, -0.2) is 0 Å². The Morgan fingerprint density at radius 2 is 2.25 bits per heavy atom. The van der Waals surface area contributed by atoms with Crippen LogP contribution in [0.25, 0.3) is 0 Å². The standard InChI is InChI=1S/C12H18BrN3/c13-10-8-15-6-5-12(10)16-7-9-3-1-2-4-11(9)14/h5-6,8-9,11H,1-4,7,14H2,(H,15,16). The summed E-state index contributed by atoms with van der Waals surface area (Å²) >= 11 is 3.48. The second kappa shape index (κ2) is 5.64. The maximum absolute atomic E-state index is 6.12. The van der Waals surface area contributed by atoms with E-state index >= 15 is 0 Å². The van der Waals surface area contributed by atoms with Gasteiger partial charge in [0.25, 0.3) is 0 Å². The molecule has 88 valence electrons. The van der Waals surface area contributed by atoms with Gasteiger partial charge in [-0.1, -0.05) is 12.8 Å². The molecule has 1 saturated carbocycles. The van der Waals surface area contributed by atoms with Gasteiger partial charge in [0.2, 0.25) is 0 Å². The van der Waals surface area contributed by atoms with Crippen LogP contribution in [0.1, 0.15) is 25.7 Å². The predicted molar refractivity (Wildman–Crippen MR) is 70.4 cm³/mol. The zero-order valence-corrected chi connectivity index (χ0v) is 10.9. The number of nitrogens with zero attached hydrogens (tertiary/aromatic N) is 1. The van der Waals surface area contributed by atoms with Crippen LogP contribution in [0.3, 0.4) is 0 Å². The summed E-state index contributed by atoms with van der Waals surface area (Å²) in [4.78, 5) is 4.04. The average Bonchev–Trinajstić information content (AvgIpc) is 2.30. The molecular weight excluding hydrogens is 266 g/mol. The molecule has 3 N–H and O–H groups in total. The van der Waals surface area contributed by atoms with E-state index in [-0.39, 0.29) is 0 Å². The van der Waals surface area contributed by atoms with Crippen LogP contribution in [0.2, 0.25) is 0 Å². The normalized spacial score (nSPS) is 25.4. The molecule has 1 aromatic rings. The van der Waals surface area contributed by atoms with E-state index in [1.165, 1.54) is 25.7 Å². The SMILES string of the molecule is NC1CCCCC1CNc1ccncc1Br. The summed E-state index contributed by atoms with van der Waals surface area (Å²) in [6, 6.07) is 2.35. The Morgan fingerprint density at radius 1 is 1.44 bits per heavy atom. The molecule has 1 aliphatic carbocycles. The zero-order valence-electron chi connectivity index (χ0n) is 9.32. The number of aromatic nitrogens is 1. The van der Waals surface area contributed by atoms with Gasteiger partial charge in [0.15, 0.2) is 0 Å². The number of rotatable bonds is 3. The Labute approximate surface area is 105 Å². The van der Waals surface area contributed by atoms with E-state index in [2.05, 4.69) is 26.2 Å². The van der Waals surface area contributed by atoms with Gasteiger partial charge in [0.1, 0.15) is 0 Å². The summed E-state index contributed by atoms with van der Waals surface area (Å²) in [5.74, 6) is 0.605. The molecule has 1 aliphatic rings. The highest BCUT2D eigenvalue weighted by Crippen LogP contribution is 2.25. The van der Waals surface area contributed by atoms with Gasteiger partial charge < -0.3 is 11.1 Å². The van der Waals surface area contributed by atoms with E-state index in [1.54, 1.807) is 6.20 Å². The number of nitrogens with two attached hydrogens (primary N) is 1. The molecular formula is C12H18BrN3. The Hall–Kier alpha value is -0.610. The van der Waals surface area contributed by atoms with Gasteiger partial charge in [-0.05, 0) is 40.8 Å². The number of hydrogen-bond donors (Lipinski definition) is 2. The maximum atomic E-state index is 6.12. The zero-order chi connectivity index (χ0) is 11.4. The number of hydrogen-bond acceptors (Lipinski definition) is 3. The van der Waals surface area contributed by atoms with E-state index in [0.717, 1.165) is 16.7 Å². The Kier molecular flexibility index (Phi) is 4.18. The fourth-order valence-corrected chi connectivity index (χ4v) is 2.64. The molecule has 2 unspecified atom stereocenters. The van der Waals surface area contributed by atoms with E-state index in [0.29, 0.717) is 12.0 Å². The van der Waals surface area contributed by atoms with Crippen LogP contribution in [0.4, 0.5) is 5.69 Å². The highest BCUT2D eigenvalue weighted by molar-refractivity contribution is 9.10. The van der Waals surface area contributed by atoms with Gasteiger partial charge in [-0.2, -0.15) is 0 Å². The highest BCUT2D eigenvalue weighted by Gasteiger charge is 2.21. The fourth-order valence-electron chi connectivity index (χ4n) is 2.25. The van der Waals surface area contributed by atoms with Crippen molar-refractivity contribution in [3.05, 3.63) is 22.9 Å². The van der Waals surface area contributed by atoms with Crippen LogP contribution >= 0.6 is 15.9 Å². The maximum Gasteiger partial charge on any atom is 0.0590 e. The summed E-state index contributed by atoms with van der Waals surface area (Å²) in [7, 11) is 0. The molecule has 0 aliphatic heterocycles. The quantitative estimate of drug-likeness (QED) is 0.897. The molecule has 0 saturated heterocycles. The minimum atomic E-state index is 0.363. The summed E-state index contributed by atoms with van der Waals surface area (Å²) in [6.45, 7) is 0.962. The molecule has 4 heteroatoms. The van der Waals surface area contributed by atoms with Crippen LogP contribution in [0.5, 0.6) is 0 Å². The third-order valence-electron chi connectivity index (χ3n) is 3.30. The van der Waals surface area contributed by atoms with Crippen molar-refractivity contribution in [1.29, 1.82) is 0 Å². The van der Waals surface area contributed by atoms with Crippen molar-refractivity contribution in [1.82, 2.24) is 4.98 Å². The molecule has 3 nitrogen and oxygen atoms in total. The number of halogens is 1. The third kappa shape index (κ3) is 2.95. The van der Waals surface area contributed by atoms with Crippen LogP contribution in [0.15, 0.2) is 22.9 Å². The fraction of sp³-hybridized carbons (Fsp3) is 0.583. The molecule has 1 heterocycles. The van der Waals surface area contributed by atoms with Crippen LogP contribution in [-0.2, 0) is 0 Å². The van der Waals surface area contributed by atoms with Crippen molar-refractivity contribution in [2.75, 3.05) is 11.9 Å². The summed E-state index contributed by atoms with van der Waals surface area (Å²) < 4.78 is 1.01. The van der Waals surface area contributed by atoms with Gasteiger partial charge in [0.05, 0.1) is 10.2 Å². The Balaban J connectivity index is 1.89. The second-order valence-electron chi connectivity index (χ2n) is 4.44. The highest BCUT2D eigenvalue weighted by atomic mass is 79.9.